The van der Waals surface area contributed by atoms with Crippen LogP contribution in [0.1, 0.15) is 44.4 Å². The van der Waals surface area contributed by atoms with Crippen LogP contribution in [0.5, 0.6) is 0 Å². The molecule has 0 nitrogen and oxygen atoms in total. The van der Waals surface area contributed by atoms with E-state index in [0.29, 0.717) is 0 Å². The molecule has 1 aliphatic rings. The average molecular weight is 214 g/mol. The fourth-order valence-electron chi connectivity index (χ4n) is 2.25. The lowest BCUT2D eigenvalue weighted by atomic mass is 10.0. The Labute approximate surface area is 99.7 Å². The molecule has 1 aromatic rings. The van der Waals surface area contributed by atoms with E-state index in [1.807, 2.05) is 13.8 Å². The number of benzene rings is 1. The van der Waals surface area contributed by atoms with Crippen LogP contribution < -0.4 is 0 Å². The minimum Gasteiger partial charge on any atom is -0.0835 e. The van der Waals surface area contributed by atoms with E-state index in [0.717, 1.165) is 6.42 Å². The SMILES string of the molecule is C/C=C1/Cc2c(C)cccc2/C1=C/C.CC. The molecule has 0 N–H and O–H groups in total. The van der Waals surface area contributed by atoms with Crippen LogP contribution in [0.4, 0.5) is 0 Å². The summed E-state index contributed by atoms with van der Waals surface area (Å²) in [6, 6.07) is 6.58. The van der Waals surface area contributed by atoms with Gasteiger partial charge in [0.2, 0.25) is 0 Å². The van der Waals surface area contributed by atoms with Crippen LogP contribution in [0, 0.1) is 6.92 Å². The summed E-state index contributed by atoms with van der Waals surface area (Å²) >= 11 is 0. The molecule has 0 heteroatoms. The molecular formula is C16H22. The molecule has 2 rings (SSSR count). The molecule has 0 saturated heterocycles. The normalized spacial score (nSPS) is 18.3. The first-order valence-electron chi connectivity index (χ1n) is 6.18. The predicted octanol–water partition coefficient (Wildman–Crippen LogP) is 4.93. The van der Waals surface area contributed by atoms with Crippen molar-refractivity contribution in [2.24, 2.45) is 0 Å². The summed E-state index contributed by atoms with van der Waals surface area (Å²) in [6.45, 7) is 10.4. The Kier molecular flexibility index (Phi) is 4.54. The van der Waals surface area contributed by atoms with Gasteiger partial charge in [-0.2, -0.15) is 0 Å². The number of rotatable bonds is 0. The van der Waals surface area contributed by atoms with Crippen molar-refractivity contribution >= 4 is 5.57 Å². The molecule has 1 aliphatic carbocycles. The van der Waals surface area contributed by atoms with Crippen LogP contribution in [-0.4, -0.2) is 0 Å². The maximum Gasteiger partial charge on any atom is -0.00142 e. The zero-order chi connectivity index (χ0) is 12.1. The van der Waals surface area contributed by atoms with Gasteiger partial charge in [0.1, 0.15) is 0 Å². The zero-order valence-corrected chi connectivity index (χ0v) is 11.1. The number of hydrogen-bond donors (Lipinski definition) is 0. The van der Waals surface area contributed by atoms with E-state index in [2.05, 4.69) is 51.1 Å². The Morgan fingerprint density at radius 3 is 2.31 bits per heavy atom. The minimum absolute atomic E-state index is 1.11. The van der Waals surface area contributed by atoms with E-state index in [1.54, 1.807) is 0 Å². The quantitative estimate of drug-likeness (QED) is 0.574. The maximum absolute atomic E-state index is 2.23. The van der Waals surface area contributed by atoms with Crippen molar-refractivity contribution in [3.8, 4) is 0 Å². The summed E-state index contributed by atoms with van der Waals surface area (Å²) in [6.07, 6.45) is 5.56. The summed E-state index contributed by atoms with van der Waals surface area (Å²) in [5, 5.41) is 0. The van der Waals surface area contributed by atoms with Gasteiger partial charge in [0.15, 0.2) is 0 Å². The topological polar surface area (TPSA) is 0 Å². The first kappa shape index (κ1) is 12.8. The van der Waals surface area contributed by atoms with Crippen LogP contribution in [0.3, 0.4) is 0 Å². The second-order valence-electron chi connectivity index (χ2n) is 3.79. The molecule has 0 aromatic heterocycles. The van der Waals surface area contributed by atoms with E-state index in [-0.39, 0.29) is 0 Å². The summed E-state index contributed by atoms with van der Waals surface area (Å²) < 4.78 is 0. The van der Waals surface area contributed by atoms with Crippen molar-refractivity contribution in [3.63, 3.8) is 0 Å². The van der Waals surface area contributed by atoms with Crippen LogP contribution in [0.15, 0.2) is 35.9 Å². The molecule has 0 radical (unpaired) electrons. The fraction of sp³-hybridized carbons (Fsp3) is 0.375. The molecule has 0 amide bonds. The van der Waals surface area contributed by atoms with Gasteiger partial charge in [-0.25, -0.2) is 0 Å². The van der Waals surface area contributed by atoms with E-state index >= 15 is 0 Å². The average Bonchev–Trinajstić information content (AvgIpc) is 2.71. The molecule has 0 bridgehead atoms. The molecule has 0 aliphatic heterocycles. The lowest BCUT2D eigenvalue weighted by Crippen LogP contribution is -1.85. The monoisotopic (exact) mass is 214 g/mol. The second kappa shape index (κ2) is 5.69. The lowest BCUT2D eigenvalue weighted by molar-refractivity contribution is 1.21. The molecule has 86 valence electrons. The van der Waals surface area contributed by atoms with Crippen molar-refractivity contribution in [2.75, 3.05) is 0 Å². The number of fused-ring (bicyclic) bond motifs is 1. The third-order valence-corrected chi connectivity index (χ3v) is 3.05. The number of hydrogen-bond acceptors (Lipinski definition) is 0. The Bertz CT molecular complexity index is 420. The van der Waals surface area contributed by atoms with Crippen molar-refractivity contribution in [3.05, 3.63) is 52.6 Å². The van der Waals surface area contributed by atoms with E-state index < -0.39 is 0 Å². The van der Waals surface area contributed by atoms with Gasteiger partial charge in [-0.1, -0.05) is 44.2 Å². The maximum atomic E-state index is 2.23. The molecule has 0 atom stereocenters. The fourth-order valence-corrected chi connectivity index (χ4v) is 2.25. The van der Waals surface area contributed by atoms with Gasteiger partial charge in [-0.3, -0.25) is 0 Å². The van der Waals surface area contributed by atoms with Gasteiger partial charge < -0.3 is 0 Å². The molecule has 0 saturated carbocycles. The van der Waals surface area contributed by atoms with Gasteiger partial charge in [0.25, 0.3) is 0 Å². The van der Waals surface area contributed by atoms with Crippen LogP contribution in [-0.2, 0) is 6.42 Å². The molecule has 0 fully saturated rings. The first-order chi connectivity index (χ1) is 7.77. The molecular weight excluding hydrogens is 192 g/mol. The highest BCUT2D eigenvalue weighted by molar-refractivity contribution is 5.86. The Morgan fingerprint density at radius 2 is 1.75 bits per heavy atom. The van der Waals surface area contributed by atoms with Crippen LogP contribution >= 0.6 is 0 Å². The standard InChI is InChI=1S/C14H16.C2H6/c1-4-11-9-14-10(3)7-6-8-13(14)12(11)5-2;1-2/h4-8H,9H2,1-3H3;1-2H3/b11-4-,12-5+;. The van der Waals surface area contributed by atoms with Gasteiger partial charge in [0, 0.05) is 0 Å². The highest BCUT2D eigenvalue weighted by Crippen LogP contribution is 2.37. The van der Waals surface area contributed by atoms with Crippen molar-refractivity contribution < 1.29 is 0 Å². The highest BCUT2D eigenvalue weighted by atomic mass is 14.2. The van der Waals surface area contributed by atoms with Crippen LogP contribution in [0.2, 0.25) is 0 Å². The Hall–Kier alpha value is -1.30. The largest absolute Gasteiger partial charge is 0.0835 e. The first-order valence-corrected chi connectivity index (χ1v) is 6.18. The number of allylic oxidation sites excluding steroid dienone is 4. The number of aryl methyl sites for hydroxylation is 1. The molecule has 16 heavy (non-hydrogen) atoms. The predicted molar refractivity (Wildman–Crippen MR) is 73.6 cm³/mol. The summed E-state index contributed by atoms with van der Waals surface area (Å²) in [7, 11) is 0. The summed E-state index contributed by atoms with van der Waals surface area (Å²) in [5.41, 5.74) is 7.25. The van der Waals surface area contributed by atoms with E-state index in [1.165, 1.54) is 27.8 Å². The molecule has 0 unspecified atom stereocenters. The van der Waals surface area contributed by atoms with E-state index in [9.17, 15) is 0 Å². The van der Waals surface area contributed by atoms with Crippen molar-refractivity contribution in [1.82, 2.24) is 0 Å². The van der Waals surface area contributed by atoms with Crippen molar-refractivity contribution in [2.45, 2.75) is 41.0 Å². The molecule has 1 aromatic carbocycles. The molecule has 0 heterocycles. The van der Waals surface area contributed by atoms with E-state index in [4.69, 9.17) is 0 Å². The third-order valence-electron chi connectivity index (χ3n) is 3.05. The highest BCUT2D eigenvalue weighted by Gasteiger charge is 2.20. The van der Waals surface area contributed by atoms with Gasteiger partial charge in [-0.05, 0) is 55.0 Å². The minimum atomic E-state index is 1.11. The van der Waals surface area contributed by atoms with Gasteiger partial charge in [-0.15, -0.1) is 0 Å². The smallest absolute Gasteiger partial charge is 0.00142 e. The van der Waals surface area contributed by atoms with Gasteiger partial charge in [0.05, 0.1) is 0 Å². The zero-order valence-electron chi connectivity index (χ0n) is 11.1. The lowest BCUT2D eigenvalue weighted by Gasteiger charge is -2.02. The van der Waals surface area contributed by atoms with Gasteiger partial charge >= 0.3 is 0 Å². The third kappa shape index (κ3) is 2.11. The van der Waals surface area contributed by atoms with Crippen LogP contribution in [0.25, 0.3) is 5.57 Å². The second-order valence-corrected chi connectivity index (χ2v) is 3.79. The molecule has 0 spiro atoms. The Balaban J connectivity index is 0.000000606. The summed E-state index contributed by atoms with van der Waals surface area (Å²) in [5.74, 6) is 0. The summed E-state index contributed by atoms with van der Waals surface area (Å²) in [4.78, 5) is 0. The Morgan fingerprint density at radius 1 is 1.06 bits per heavy atom. The van der Waals surface area contributed by atoms with Crippen molar-refractivity contribution in [1.29, 1.82) is 0 Å².